The molecule has 0 fully saturated rings. The normalized spacial score (nSPS) is 10.4. The third kappa shape index (κ3) is 7.38. The highest BCUT2D eigenvalue weighted by Crippen LogP contribution is 2.21. The van der Waals surface area contributed by atoms with Crippen LogP contribution in [0.25, 0.3) is 0 Å². The van der Waals surface area contributed by atoms with Gasteiger partial charge in [-0.2, -0.15) is 0 Å². The summed E-state index contributed by atoms with van der Waals surface area (Å²) < 4.78 is 5.78. The highest BCUT2D eigenvalue weighted by molar-refractivity contribution is 5.84. The minimum Gasteiger partial charge on any atom is -0.457 e. The first-order chi connectivity index (χ1) is 12.5. The summed E-state index contributed by atoms with van der Waals surface area (Å²) in [7, 11) is 0. The van der Waals surface area contributed by atoms with Gasteiger partial charge in [0.05, 0.1) is 6.54 Å². The summed E-state index contributed by atoms with van der Waals surface area (Å²) in [5.74, 6) is 1.65. The zero-order valence-corrected chi connectivity index (χ0v) is 15.3. The number of carbonyl (C=O) groups is 2. The van der Waals surface area contributed by atoms with Crippen molar-refractivity contribution in [3.05, 3.63) is 60.2 Å². The molecule has 2 amide bonds. The molecule has 138 valence electrons. The van der Waals surface area contributed by atoms with Gasteiger partial charge in [0, 0.05) is 13.0 Å². The maximum Gasteiger partial charge on any atom is 0.239 e. The van der Waals surface area contributed by atoms with Crippen LogP contribution >= 0.6 is 0 Å². The van der Waals surface area contributed by atoms with Gasteiger partial charge in [-0.1, -0.05) is 44.2 Å². The molecule has 0 heterocycles. The second-order valence-corrected chi connectivity index (χ2v) is 6.55. The van der Waals surface area contributed by atoms with Crippen molar-refractivity contribution in [3.63, 3.8) is 0 Å². The Morgan fingerprint density at radius 2 is 1.65 bits per heavy atom. The number of hydrogen-bond donors (Lipinski definition) is 2. The molecule has 26 heavy (non-hydrogen) atoms. The van der Waals surface area contributed by atoms with E-state index < -0.39 is 0 Å². The fraction of sp³-hybridized carbons (Fsp3) is 0.333. The summed E-state index contributed by atoms with van der Waals surface area (Å²) in [6, 6.07) is 17.1. The smallest absolute Gasteiger partial charge is 0.239 e. The highest BCUT2D eigenvalue weighted by atomic mass is 16.5. The van der Waals surface area contributed by atoms with Gasteiger partial charge in [0.1, 0.15) is 11.5 Å². The molecule has 0 aliphatic heterocycles. The van der Waals surface area contributed by atoms with Crippen molar-refractivity contribution in [2.24, 2.45) is 5.92 Å². The lowest BCUT2D eigenvalue weighted by Gasteiger charge is -2.10. The summed E-state index contributed by atoms with van der Waals surface area (Å²) in [6.45, 7) is 4.51. The lowest BCUT2D eigenvalue weighted by Crippen LogP contribution is -2.36. The molecule has 0 atom stereocenters. The zero-order chi connectivity index (χ0) is 18.8. The molecular weight excluding hydrogens is 328 g/mol. The molecule has 0 radical (unpaired) electrons. The van der Waals surface area contributed by atoms with Gasteiger partial charge >= 0.3 is 0 Å². The number of benzene rings is 2. The molecule has 0 aliphatic carbocycles. The predicted molar refractivity (Wildman–Crippen MR) is 102 cm³/mol. The molecule has 0 unspecified atom stereocenters. The van der Waals surface area contributed by atoms with Gasteiger partial charge < -0.3 is 15.4 Å². The Morgan fingerprint density at radius 3 is 2.38 bits per heavy atom. The summed E-state index contributed by atoms with van der Waals surface area (Å²) in [5, 5.41) is 5.44. The highest BCUT2D eigenvalue weighted by Gasteiger charge is 2.07. The summed E-state index contributed by atoms with van der Waals surface area (Å²) in [4.78, 5) is 23.5. The molecule has 0 saturated carbocycles. The fourth-order valence-electron chi connectivity index (χ4n) is 2.29. The van der Waals surface area contributed by atoms with Crippen LogP contribution in [0.2, 0.25) is 0 Å². The number of ether oxygens (including phenoxy) is 1. The SMILES string of the molecule is CC(C)CCC(=O)NCC(=O)NCc1cccc(Oc2ccccc2)c1. The van der Waals surface area contributed by atoms with Gasteiger partial charge in [-0.05, 0) is 42.2 Å². The Balaban J connectivity index is 1.75. The Bertz CT molecular complexity index is 714. The van der Waals surface area contributed by atoms with Crippen molar-refractivity contribution in [1.82, 2.24) is 10.6 Å². The van der Waals surface area contributed by atoms with Crippen LogP contribution in [0, 0.1) is 5.92 Å². The molecular formula is C21H26N2O3. The van der Waals surface area contributed by atoms with Gasteiger partial charge in [-0.15, -0.1) is 0 Å². The molecule has 0 aliphatic rings. The first-order valence-corrected chi connectivity index (χ1v) is 8.88. The molecule has 2 N–H and O–H groups in total. The van der Waals surface area contributed by atoms with E-state index in [2.05, 4.69) is 24.5 Å². The van der Waals surface area contributed by atoms with Crippen LogP contribution in [-0.4, -0.2) is 18.4 Å². The van der Waals surface area contributed by atoms with Crippen molar-refractivity contribution >= 4 is 11.8 Å². The van der Waals surface area contributed by atoms with Crippen LogP contribution in [0.3, 0.4) is 0 Å². The third-order valence-electron chi connectivity index (χ3n) is 3.76. The molecule has 2 aromatic carbocycles. The Hall–Kier alpha value is -2.82. The Labute approximate surface area is 154 Å². The fourth-order valence-corrected chi connectivity index (χ4v) is 2.29. The predicted octanol–water partition coefficient (Wildman–Crippen LogP) is 3.65. The van der Waals surface area contributed by atoms with Crippen molar-refractivity contribution in [3.8, 4) is 11.5 Å². The third-order valence-corrected chi connectivity index (χ3v) is 3.76. The average Bonchev–Trinajstić information content (AvgIpc) is 2.64. The lowest BCUT2D eigenvalue weighted by molar-refractivity contribution is -0.126. The monoisotopic (exact) mass is 354 g/mol. The average molecular weight is 354 g/mol. The van der Waals surface area contributed by atoms with Crippen LogP contribution in [0.15, 0.2) is 54.6 Å². The van der Waals surface area contributed by atoms with E-state index in [4.69, 9.17) is 4.74 Å². The molecule has 5 nitrogen and oxygen atoms in total. The van der Waals surface area contributed by atoms with Gasteiger partial charge in [-0.3, -0.25) is 9.59 Å². The Kier molecular flexibility index (Phi) is 7.68. The van der Waals surface area contributed by atoms with Crippen LogP contribution in [0.5, 0.6) is 11.5 Å². The molecule has 0 bridgehead atoms. The van der Waals surface area contributed by atoms with Crippen molar-refractivity contribution in [1.29, 1.82) is 0 Å². The largest absolute Gasteiger partial charge is 0.457 e. The van der Waals surface area contributed by atoms with Crippen LogP contribution in [0.1, 0.15) is 32.3 Å². The first kappa shape index (κ1) is 19.5. The van der Waals surface area contributed by atoms with Gasteiger partial charge in [0.25, 0.3) is 0 Å². The summed E-state index contributed by atoms with van der Waals surface area (Å²) in [5.41, 5.74) is 0.929. The van der Waals surface area contributed by atoms with E-state index in [0.29, 0.717) is 24.6 Å². The molecule has 2 rings (SSSR count). The standard InChI is InChI=1S/C21H26N2O3/c1-16(2)11-12-20(24)23-15-21(25)22-14-17-7-6-10-19(13-17)26-18-8-4-3-5-9-18/h3-10,13,16H,11-12,14-15H2,1-2H3,(H,22,25)(H,23,24). The first-order valence-electron chi connectivity index (χ1n) is 8.88. The van der Waals surface area contributed by atoms with E-state index in [1.54, 1.807) is 0 Å². The van der Waals surface area contributed by atoms with Gasteiger partial charge in [0.2, 0.25) is 11.8 Å². The molecule has 5 heteroatoms. The van der Waals surface area contributed by atoms with E-state index in [0.717, 1.165) is 17.7 Å². The van der Waals surface area contributed by atoms with Crippen molar-refractivity contribution in [2.45, 2.75) is 33.2 Å². The topological polar surface area (TPSA) is 67.4 Å². The van der Waals surface area contributed by atoms with E-state index in [1.807, 2.05) is 54.6 Å². The van der Waals surface area contributed by atoms with Crippen LogP contribution < -0.4 is 15.4 Å². The molecule has 0 spiro atoms. The summed E-state index contributed by atoms with van der Waals surface area (Å²) in [6.07, 6.45) is 1.27. The number of rotatable bonds is 9. The van der Waals surface area contributed by atoms with E-state index in [9.17, 15) is 9.59 Å². The van der Waals surface area contributed by atoms with Gasteiger partial charge in [-0.25, -0.2) is 0 Å². The Morgan fingerprint density at radius 1 is 0.923 bits per heavy atom. The van der Waals surface area contributed by atoms with E-state index >= 15 is 0 Å². The van der Waals surface area contributed by atoms with E-state index in [-0.39, 0.29) is 18.4 Å². The zero-order valence-electron chi connectivity index (χ0n) is 15.3. The van der Waals surface area contributed by atoms with E-state index in [1.165, 1.54) is 0 Å². The lowest BCUT2D eigenvalue weighted by atomic mass is 10.1. The maximum atomic E-state index is 11.9. The number of hydrogen-bond acceptors (Lipinski definition) is 3. The van der Waals surface area contributed by atoms with Crippen LogP contribution in [0.4, 0.5) is 0 Å². The summed E-state index contributed by atoms with van der Waals surface area (Å²) >= 11 is 0. The second-order valence-electron chi connectivity index (χ2n) is 6.55. The quantitative estimate of drug-likeness (QED) is 0.722. The number of carbonyl (C=O) groups excluding carboxylic acids is 2. The van der Waals surface area contributed by atoms with Crippen molar-refractivity contribution in [2.75, 3.05) is 6.54 Å². The van der Waals surface area contributed by atoms with Crippen LogP contribution in [-0.2, 0) is 16.1 Å². The molecule has 2 aromatic rings. The minimum absolute atomic E-state index is 0.00284. The molecule has 0 saturated heterocycles. The molecule has 0 aromatic heterocycles. The van der Waals surface area contributed by atoms with Crippen molar-refractivity contribution < 1.29 is 14.3 Å². The number of amides is 2. The number of para-hydroxylation sites is 1. The van der Waals surface area contributed by atoms with Gasteiger partial charge in [0.15, 0.2) is 0 Å². The maximum absolute atomic E-state index is 11.9. The number of nitrogens with one attached hydrogen (secondary N) is 2. The second kappa shape index (κ2) is 10.2. The minimum atomic E-state index is -0.211.